The van der Waals surface area contributed by atoms with Crippen LogP contribution in [0.3, 0.4) is 0 Å². The summed E-state index contributed by atoms with van der Waals surface area (Å²) < 4.78 is 15.2. The van der Waals surface area contributed by atoms with Crippen molar-refractivity contribution in [3.05, 3.63) is 25.3 Å². The summed E-state index contributed by atoms with van der Waals surface area (Å²) in [4.78, 5) is 36.0. The van der Waals surface area contributed by atoms with Gasteiger partial charge in [0, 0.05) is 37.0 Å². The third-order valence-corrected chi connectivity index (χ3v) is 3.31. The molecule has 142 valence electrons. The number of esters is 2. The number of carbonyl (C=O) groups excluding carboxylic acids is 3. The lowest BCUT2D eigenvalue weighted by Crippen LogP contribution is -2.40. The molecule has 0 bridgehead atoms. The van der Waals surface area contributed by atoms with Gasteiger partial charge in [-0.1, -0.05) is 13.2 Å². The van der Waals surface area contributed by atoms with Crippen LogP contribution < -0.4 is 0 Å². The van der Waals surface area contributed by atoms with Gasteiger partial charge in [0.1, 0.15) is 19.8 Å². The maximum Gasteiger partial charge on any atom is 0.409 e. The van der Waals surface area contributed by atoms with E-state index in [1.807, 2.05) is 0 Å². The Morgan fingerprint density at radius 2 is 1.32 bits per heavy atom. The number of carbonyl (C=O) groups is 3. The molecule has 9 heteroatoms. The summed E-state index contributed by atoms with van der Waals surface area (Å²) in [5, 5.41) is 0. The van der Waals surface area contributed by atoms with Crippen LogP contribution >= 0.6 is 23.2 Å². The Bertz CT molecular complexity index is 453. The summed E-state index contributed by atoms with van der Waals surface area (Å²) in [5.41, 5.74) is -0.944. The van der Waals surface area contributed by atoms with E-state index in [2.05, 4.69) is 13.2 Å². The topological polar surface area (TPSA) is 82.1 Å². The van der Waals surface area contributed by atoms with Gasteiger partial charge in [0.25, 0.3) is 0 Å². The molecule has 0 aliphatic heterocycles. The van der Waals surface area contributed by atoms with E-state index in [0.29, 0.717) is 0 Å². The number of ether oxygens (including phenoxy) is 3. The third kappa shape index (κ3) is 9.99. The van der Waals surface area contributed by atoms with Gasteiger partial charge in [-0.3, -0.25) is 0 Å². The molecule has 0 rings (SSSR count). The van der Waals surface area contributed by atoms with Crippen LogP contribution in [0.15, 0.2) is 25.3 Å². The lowest BCUT2D eigenvalue weighted by Gasteiger charge is -2.29. The highest BCUT2D eigenvalue weighted by Crippen LogP contribution is 2.19. The van der Waals surface area contributed by atoms with Crippen molar-refractivity contribution in [2.75, 3.05) is 44.7 Å². The number of halogens is 2. The molecule has 0 spiro atoms. The smallest absolute Gasteiger partial charge is 0.409 e. The van der Waals surface area contributed by atoms with Crippen LogP contribution in [-0.2, 0) is 23.8 Å². The summed E-state index contributed by atoms with van der Waals surface area (Å²) in [6.45, 7) is 8.36. The minimum atomic E-state index is -0.944. The van der Waals surface area contributed by atoms with E-state index in [0.717, 1.165) is 12.2 Å². The minimum Gasteiger partial charge on any atom is -0.462 e. The fourth-order valence-electron chi connectivity index (χ4n) is 1.56. The zero-order chi connectivity index (χ0) is 19.3. The molecule has 0 fully saturated rings. The quantitative estimate of drug-likeness (QED) is 0.218. The Balaban J connectivity index is 4.85. The van der Waals surface area contributed by atoms with Crippen LogP contribution in [0.5, 0.6) is 0 Å². The summed E-state index contributed by atoms with van der Waals surface area (Å²) in [6.07, 6.45) is 1.40. The Morgan fingerprint density at radius 3 is 1.68 bits per heavy atom. The zero-order valence-electron chi connectivity index (χ0n) is 14.2. The van der Waals surface area contributed by atoms with Crippen LogP contribution in [-0.4, -0.2) is 67.6 Å². The normalized spacial score (nSPS) is 10.5. The van der Waals surface area contributed by atoms with Gasteiger partial charge >= 0.3 is 18.0 Å². The van der Waals surface area contributed by atoms with Gasteiger partial charge in [-0.25, -0.2) is 14.4 Å². The van der Waals surface area contributed by atoms with E-state index >= 15 is 0 Å². The second kappa shape index (κ2) is 12.6. The first-order valence-electron chi connectivity index (χ1n) is 7.44. The van der Waals surface area contributed by atoms with Crippen LogP contribution in [0.2, 0.25) is 0 Å². The zero-order valence-corrected chi connectivity index (χ0v) is 15.7. The van der Waals surface area contributed by atoms with Crippen molar-refractivity contribution in [2.24, 2.45) is 5.41 Å². The molecule has 0 aliphatic carbocycles. The fraction of sp³-hybridized carbons (Fsp3) is 0.562. The van der Waals surface area contributed by atoms with Crippen molar-refractivity contribution in [3.8, 4) is 0 Å². The van der Waals surface area contributed by atoms with Crippen molar-refractivity contribution >= 4 is 41.2 Å². The van der Waals surface area contributed by atoms with Crippen LogP contribution in [0.25, 0.3) is 0 Å². The molecule has 0 aliphatic rings. The minimum absolute atomic E-state index is 0.138. The van der Waals surface area contributed by atoms with Gasteiger partial charge in [0.15, 0.2) is 0 Å². The first-order chi connectivity index (χ1) is 11.8. The lowest BCUT2D eigenvalue weighted by atomic mass is 9.94. The summed E-state index contributed by atoms with van der Waals surface area (Å²) in [5.74, 6) is -0.814. The lowest BCUT2D eigenvalue weighted by molar-refractivity contribution is -0.149. The second-order valence-electron chi connectivity index (χ2n) is 5.35. The maximum atomic E-state index is 12.1. The number of nitrogens with zero attached hydrogens (tertiary/aromatic N) is 1. The third-order valence-electron chi connectivity index (χ3n) is 2.97. The highest BCUT2D eigenvalue weighted by atomic mass is 35.5. The number of hydrogen-bond donors (Lipinski definition) is 0. The van der Waals surface area contributed by atoms with Crippen LogP contribution in [0.1, 0.15) is 6.92 Å². The van der Waals surface area contributed by atoms with Crippen molar-refractivity contribution in [2.45, 2.75) is 6.92 Å². The number of alkyl halides is 2. The van der Waals surface area contributed by atoms with Gasteiger partial charge in [-0.15, -0.1) is 23.2 Å². The van der Waals surface area contributed by atoms with Crippen molar-refractivity contribution < 1.29 is 28.6 Å². The molecule has 0 heterocycles. The molecule has 0 saturated carbocycles. The van der Waals surface area contributed by atoms with Gasteiger partial charge in [0.05, 0.1) is 5.41 Å². The maximum absolute atomic E-state index is 12.1. The number of amides is 1. The van der Waals surface area contributed by atoms with Crippen LogP contribution in [0, 0.1) is 5.41 Å². The molecule has 1 amide bonds. The van der Waals surface area contributed by atoms with E-state index in [4.69, 9.17) is 37.4 Å². The highest BCUT2D eigenvalue weighted by molar-refractivity contribution is 6.18. The first kappa shape index (κ1) is 23.3. The van der Waals surface area contributed by atoms with E-state index in [1.165, 1.54) is 4.90 Å². The SMILES string of the molecule is C=CC(=O)OCC(C)(COC(=O)C=C)COC(=O)N(CCCl)CCCl. The number of rotatable bonds is 12. The molecular formula is C16H23Cl2NO6. The molecule has 7 nitrogen and oxygen atoms in total. The monoisotopic (exact) mass is 395 g/mol. The molecule has 0 N–H and O–H groups in total. The van der Waals surface area contributed by atoms with Gasteiger partial charge in [0.2, 0.25) is 0 Å². The fourth-order valence-corrected chi connectivity index (χ4v) is 1.97. The van der Waals surface area contributed by atoms with Gasteiger partial charge < -0.3 is 19.1 Å². The molecule has 0 aromatic heterocycles. The van der Waals surface area contributed by atoms with E-state index in [9.17, 15) is 14.4 Å². The Labute approximate surface area is 157 Å². The van der Waals surface area contributed by atoms with Crippen molar-refractivity contribution in [1.29, 1.82) is 0 Å². The Kier molecular flexibility index (Phi) is 11.7. The molecular weight excluding hydrogens is 373 g/mol. The van der Waals surface area contributed by atoms with E-state index < -0.39 is 23.4 Å². The second-order valence-corrected chi connectivity index (χ2v) is 6.11. The van der Waals surface area contributed by atoms with Crippen molar-refractivity contribution in [1.82, 2.24) is 4.90 Å². The summed E-state index contributed by atoms with van der Waals surface area (Å²) >= 11 is 11.3. The molecule has 0 radical (unpaired) electrons. The molecule has 25 heavy (non-hydrogen) atoms. The Hall–Kier alpha value is -1.73. The molecule has 0 aromatic rings. The highest BCUT2D eigenvalue weighted by Gasteiger charge is 2.31. The van der Waals surface area contributed by atoms with Gasteiger partial charge in [-0.05, 0) is 6.92 Å². The molecule has 0 atom stereocenters. The van der Waals surface area contributed by atoms with E-state index in [-0.39, 0.29) is 44.7 Å². The summed E-state index contributed by atoms with van der Waals surface area (Å²) in [7, 11) is 0. The van der Waals surface area contributed by atoms with Crippen molar-refractivity contribution in [3.63, 3.8) is 0 Å². The standard InChI is InChI=1S/C16H23Cl2NO6/c1-4-13(20)23-10-16(3,11-24-14(21)5-2)12-25-15(22)19(8-6-17)9-7-18/h4-5H,1-2,6-12H2,3H3. The average molecular weight is 396 g/mol. The van der Waals surface area contributed by atoms with Gasteiger partial charge in [-0.2, -0.15) is 0 Å². The Morgan fingerprint density at radius 1 is 0.920 bits per heavy atom. The van der Waals surface area contributed by atoms with Crippen LogP contribution in [0.4, 0.5) is 4.79 Å². The number of hydrogen-bond acceptors (Lipinski definition) is 6. The first-order valence-corrected chi connectivity index (χ1v) is 8.50. The average Bonchev–Trinajstić information content (AvgIpc) is 2.62. The molecule has 0 saturated heterocycles. The predicted molar refractivity (Wildman–Crippen MR) is 94.8 cm³/mol. The van der Waals surface area contributed by atoms with E-state index in [1.54, 1.807) is 6.92 Å². The molecule has 0 aromatic carbocycles. The largest absolute Gasteiger partial charge is 0.462 e. The predicted octanol–water partition coefficient (Wildman–Crippen LogP) is 2.37. The summed E-state index contributed by atoms with van der Waals surface area (Å²) in [6, 6.07) is 0. The molecule has 0 unspecified atom stereocenters.